The highest BCUT2D eigenvalue weighted by Gasteiger charge is 2.18. The van der Waals surface area contributed by atoms with Crippen LogP contribution in [0.2, 0.25) is 0 Å². The van der Waals surface area contributed by atoms with Crippen LogP contribution in [0.15, 0.2) is 82.8 Å². The van der Waals surface area contributed by atoms with Gasteiger partial charge in [0.2, 0.25) is 12.4 Å². The molecule has 4 nitrogen and oxygen atoms in total. The minimum atomic E-state index is -1.58. The van der Waals surface area contributed by atoms with Crippen molar-refractivity contribution in [2.45, 2.75) is 0 Å². The molecule has 0 bridgehead atoms. The molecule has 44 heavy (non-hydrogen) atoms. The standard InChI is InChI=1S/C34H12F6N4/c35-27-7-17(8-28(36)31(27)39)15-1-3-19-21-11-22-20-4-2-16(18-9-29(37)32(40)30(38)10-18)6-24(20)34(44-14-42)26(22)12-25(21)33(43-13-41)23(19)5-15/h1-12H/b43-33-,44-34+. The Labute approximate surface area is 243 Å². The number of hydrogen-bond donors (Lipinski definition) is 0. The van der Waals surface area contributed by atoms with Gasteiger partial charge in [-0.05, 0) is 92.3 Å². The topological polar surface area (TPSA) is 72.3 Å². The van der Waals surface area contributed by atoms with Crippen molar-refractivity contribution in [3.63, 3.8) is 0 Å². The molecule has 210 valence electrons. The van der Waals surface area contributed by atoms with E-state index in [-0.39, 0.29) is 21.8 Å². The highest BCUT2D eigenvalue weighted by atomic mass is 19.2. The molecule has 0 aromatic heterocycles. The molecule has 0 amide bonds. The molecular weight excluding hydrogens is 578 g/mol. The van der Waals surface area contributed by atoms with Crippen molar-refractivity contribution >= 4 is 43.1 Å². The summed E-state index contributed by atoms with van der Waals surface area (Å²) < 4.78 is 83.0. The van der Waals surface area contributed by atoms with Gasteiger partial charge in [-0.15, -0.1) is 0 Å². The number of rotatable bonds is 2. The van der Waals surface area contributed by atoms with E-state index in [2.05, 4.69) is 9.98 Å². The van der Waals surface area contributed by atoms with E-state index in [9.17, 15) is 36.9 Å². The van der Waals surface area contributed by atoms with Gasteiger partial charge in [-0.1, -0.05) is 24.3 Å². The molecule has 0 spiro atoms. The van der Waals surface area contributed by atoms with Crippen LogP contribution in [0.5, 0.6) is 0 Å². The van der Waals surface area contributed by atoms with Gasteiger partial charge < -0.3 is 0 Å². The van der Waals surface area contributed by atoms with E-state index in [1.807, 2.05) is 6.07 Å². The summed E-state index contributed by atoms with van der Waals surface area (Å²) in [6.07, 6.45) is 3.57. The highest BCUT2D eigenvalue weighted by molar-refractivity contribution is 6.21. The van der Waals surface area contributed by atoms with Crippen LogP contribution < -0.4 is 10.7 Å². The predicted octanol–water partition coefficient (Wildman–Crippen LogP) is 8.11. The van der Waals surface area contributed by atoms with E-state index in [1.165, 1.54) is 0 Å². The smallest absolute Gasteiger partial charge is 0.204 e. The minimum absolute atomic E-state index is 0.0908. The fourth-order valence-electron chi connectivity index (χ4n) is 5.82. The largest absolute Gasteiger partial charge is 0.206 e. The Balaban J connectivity index is 1.52. The van der Waals surface area contributed by atoms with Gasteiger partial charge in [0, 0.05) is 21.5 Å². The number of halogens is 6. The fourth-order valence-corrected chi connectivity index (χ4v) is 5.82. The van der Waals surface area contributed by atoms with Crippen molar-refractivity contribution in [3.8, 4) is 34.6 Å². The molecule has 0 atom stereocenters. The molecule has 0 saturated carbocycles. The second-order valence-electron chi connectivity index (χ2n) is 10.1. The van der Waals surface area contributed by atoms with Crippen molar-refractivity contribution < 1.29 is 26.3 Å². The molecule has 10 heteroatoms. The predicted molar refractivity (Wildman–Crippen MR) is 152 cm³/mol. The van der Waals surface area contributed by atoms with E-state index in [1.54, 1.807) is 54.9 Å². The Morgan fingerprint density at radius 2 is 0.727 bits per heavy atom. The molecule has 0 fully saturated rings. The maximum absolute atomic E-state index is 14.0. The van der Waals surface area contributed by atoms with Crippen LogP contribution in [0.4, 0.5) is 26.3 Å². The number of nitriles is 2. The van der Waals surface area contributed by atoms with Gasteiger partial charge >= 0.3 is 0 Å². The van der Waals surface area contributed by atoms with Gasteiger partial charge in [-0.2, -0.15) is 20.5 Å². The van der Waals surface area contributed by atoms with Crippen LogP contribution in [0.25, 0.3) is 65.3 Å². The van der Waals surface area contributed by atoms with E-state index >= 15 is 0 Å². The van der Waals surface area contributed by atoms with Gasteiger partial charge in [0.25, 0.3) is 0 Å². The Hall–Kier alpha value is -6.00. The van der Waals surface area contributed by atoms with E-state index in [0.717, 1.165) is 24.3 Å². The Bertz CT molecular complexity index is 2380. The first-order valence-corrected chi connectivity index (χ1v) is 12.9. The summed E-state index contributed by atoms with van der Waals surface area (Å²) in [5.41, 5.74) is 0.915. The fraction of sp³-hybridized carbons (Fsp3) is 0. The summed E-state index contributed by atoms with van der Waals surface area (Å²) in [5, 5.41) is 24.4. The third kappa shape index (κ3) is 3.92. The Kier molecular flexibility index (Phi) is 5.98. The first-order chi connectivity index (χ1) is 21.2. The normalized spacial score (nSPS) is 12.5. The zero-order valence-electron chi connectivity index (χ0n) is 22.0. The average molecular weight is 590 g/mol. The van der Waals surface area contributed by atoms with Crippen LogP contribution in [0, 0.1) is 57.8 Å². The summed E-state index contributed by atoms with van der Waals surface area (Å²) in [6.45, 7) is 0. The molecule has 0 aliphatic carbocycles. The van der Waals surface area contributed by atoms with Gasteiger partial charge in [-0.3, -0.25) is 0 Å². The van der Waals surface area contributed by atoms with Crippen LogP contribution in [-0.2, 0) is 0 Å². The van der Waals surface area contributed by atoms with Crippen molar-refractivity contribution in [2.75, 3.05) is 0 Å². The molecule has 0 radical (unpaired) electrons. The summed E-state index contributed by atoms with van der Waals surface area (Å²) in [6, 6.07) is 16.9. The second kappa shape index (κ2) is 9.79. The van der Waals surface area contributed by atoms with Gasteiger partial charge in [0.1, 0.15) is 0 Å². The molecule has 0 saturated heterocycles. The first kappa shape index (κ1) is 26.9. The third-order valence-electron chi connectivity index (χ3n) is 7.76. The molecule has 0 heterocycles. The molecule has 0 aliphatic rings. The maximum Gasteiger partial charge on any atom is 0.206 e. The van der Waals surface area contributed by atoms with Crippen LogP contribution in [-0.4, -0.2) is 0 Å². The lowest BCUT2D eigenvalue weighted by atomic mass is 10.0. The Morgan fingerprint density at radius 3 is 1.09 bits per heavy atom. The minimum Gasteiger partial charge on any atom is -0.204 e. The molecule has 7 aromatic carbocycles. The van der Waals surface area contributed by atoms with Crippen molar-refractivity contribution in [3.05, 3.63) is 118 Å². The molecule has 0 unspecified atom stereocenters. The van der Waals surface area contributed by atoms with Crippen LogP contribution >= 0.6 is 0 Å². The number of hydrogen-bond acceptors (Lipinski definition) is 4. The molecule has 7 rings (SSSR count). The van der Waals surface area contributed by atoms with Crippen LogP contribution in [0.1, 0.15) is 0 Å². The van der Waals surface area contributed by atoms with Gasteiger partial charge in [0.15, 0.2) is 34.9 Å². The molecule has 0 N–H and O–H groups in total. The number of nitrogens with zero attached hydrogens (tertiary/aromatic N) is 4. The summed E-state index contributed by atoms with van der Waals surface area (Å²) in [7, 11) is 0. The molecule has 7 aromatic rings. The van der Waals surface area contributed by atoms with E-state index < -0.39 is 34.9 Å². The molecule has 0 aliphatic heterocycles. The average Bonchev–Trinajstić information content (AvgIpc) is 3.48. The SMILES string of the molecule is N#C/N=c1/c2cc(-c3cc(F)c(F)c(F)c3)ccc2c2cc3c(cc12)/c(=N/C#N)c1cc(-c2cc(F)c(F)c(F)c2)ccc13. The second-order valence-corrected chi connectivity index (χ2v) is 10.1. The lowest BCUT2D eigenvalue weighted by molar-refractivity contribution is 0.447. The van der Waals surface area contributed by atoms with Crippen molar-refractivity contribution in [1.82, 2.24) is 0 Å². The summed E-state index contributed by atoms with van der Waals surface area (Å²) in [4.78, 5) is 8.04. The highest BCUT2D eigenvalue weighted by Crippen LogP contribution is 2.36. The molecular formula is C34H12F6N4. The van der Waals surface area contributed by atoms with Gasteiger partial charge in [-0.25, -0.2) is 26.3 Å². The van der Waals surface area contributed by atoms with Crippen LogP contribution in [0.3, 0.4) is 0 Å². The van der Waals surface area contributed by atoms with Crippen molar-refractivity contribution in [1.29, 1.82) is 10.5 Å². The summed E-state index contributed by atoms with van der Waals surface area (Å²) >= 11 is 0. The zero-order valence-corrected chi connectivity index (χ0v) is 22.0. The Morgan fingerprint density at radius 1 is 0.386 bits per heavy atom. The first-order valence-electron chi connectivity index (χ1n) is 12.9. The van der Waals surface area contributed by atoms with E-state index in [0.29, 0.717) is 54.2 Å². The maximum atomic E-state index is 14.0. The van der Waals surface area contributed by atoms with E-state index in [4.69, 9.17) is 0 Å². The number of benzene rings is 5. The van der Waals surface area contributed by atoms with Crippen molar-refractivity contribution in [2.24, 2.45) is 9.98 Å². The quantitative estimate of drug-likeness (QED) is 0.116. The number of fused-ring (bicyclic) bond motifs is 6. The zero-order chi connectivity index (χ0) is 30.9. The third-order valence-corrected chi connectivity index (χ3v) is 7.76. The lowest BCUT2D eigenvalue weighted by Crippen LogP contribution is -2.01. The summed E-state index contributed by atoms with van der Waals surface area (Å²) in [5.74, 6) is -8.52. The monoisotopic (exact) mass is 590 g/mol. The lowest BCUT2D eigenvalue weighted by Gasteiger charge is -2.05. The van der Waals surface area contributed by atoms with Gasteiger partial charge in [0.05, 0.1) is 10.7 Å².